The van der Waals surface area contributed by atoms with Gasteiger partial charge in [0, 0.05) is 27.8 Å². The van der Waals surface area contributed by atoms with Crippen LogP contribution in [0.1, 0.15) is 34.9 Å². The summed E-state index contributed by atoms with van der Waals surface area (Å²) < 4.78 is 5.91. The lowest BCUT2D eigenvalue weighted by Gasteiger charge is -2.18. The Morgan fingerprint density at radius 1 is 1.11 bits per heavy atom. The van der Waals surface area contributed by atoms with Gasteiger partial charge < -0.3 is 16.8 Å². The predicted molar refractivity (Wildman–Crippen MR) is 107 cm³/mol. The molecule has 4 aromatic rings. The Bertz CT molecular complexity index is 1160. The number of nitrogens with zero attached hydrogens (tertiary/aromatic N) is 1. The van der Waals surface area contributed by atoms with Crippen molar-refractivity contribution in [1.82, 2.24) is 4.98 Å². The lowest BCUT2D eigenvalue weighted by atomic mass is 9.87. The summed E-state index contributed by atoms with van der Waals surface area (Å²) in [7, 11) is 0. The summed E-state index contributed by atoms with van der Waals surface area (Å²) in [5.41, 5.74) is 7.98. The summed E-state index contributed by atoms with van der Waals surface area (Å²) in [5, 5.41) is 1.36. The van der Waals surface area contributed by atoms with E-state index in [1.54, 1.807) is 6.26 Å². The number of fused-ring (bicyclic) bond motifs is 6. The first-order chi connectivity index (χ1) is 12.8. The van der Waals surface area contributed by atoms with Gasteiger partial charge in [-0.2, -0.15) is 0 Å². The quantitative estimate of drug-likeness (QED) is 0.437. The largest absolute Gasteiger partial charge is 1.00 e. The third-order valence-electron chi connectivity index (χ3n) is 5.95. The highest BCUT2D eigenvalue weighted by Crippen LogP contribution is 2.48. The molecule has 1 aromatic carbocycles. The minimum atomic E-state index is 0. The number of halogens is 1. The summed E-state index contributed by atoms with van der Waals surface area (Å²) in [4.78, 5) is 7.90. The van der Waals surface area contributed by atoms with Crippen LogP contribution in [0.3, 0.4) is 0 Å². The molecule has 0 bridgehead atoms. The Morgan fingerprint density at radius 2 is 2.00 bits per heavy atom. The van der Waals surface area contributed by atoms with Crippen molar-refractivity contribution in [3.8, 4) is 22.6 Å². The molecule has 3 heterocycles. The van der Waals surface area contributed by atoms with Crippen molar-refractivity contribution in [3.63, 3.8) is 0 Å². The van der Waals surface area contributed by atoms with Crippen molar-refractivity contribution in [2.24, 2.45) is 5.92 Å². The molecule has 0 N–H and O–H groups in total. The number of hydrogen-bond donors (Lipinski definition) is 0. The standard InChI is InChI=1S/C23H19NOS.ClH/c1-13-8-9-16-19(11-13)26-23-21(16)20(18-7-4-10-25-18)17-12-14-5-2-3-6-15(14)22(17)24-23;/h2-7,10,13H,8-9,11-12H2,1H3;1H/p-1. The number of furan rings is 1. The second-order valence-corrected chi connectivity index (χ2v) is 8.74. The second kappa shape index (κ2) is 6.22. The van der Waals surface area contributed by atoms with Crippen LogP contribution in [0.25, 0.3) is 32.8 Å². The summed E-state index contributed by atoms with van der Waals surface area (Å²) in [6, 6.07) is 12.8. The summed E-state index contributed by atoms with van der Waals surface area (Å²) in [6.45, 7) is 2.37. The molecule has 0 saturated carbocycles. The highest BCUT2D eigenvalue weighted by atomic mass is 35.5. The van der Waals surface area contributed by atoms with Crippen LogP contribution in [0.2, 0.25) is 0 Å². The maximum atomic E-state index is 5.91. The molecule has 2 nitrogen and oxygen atoms in total. The second-order valence-electron chi connectivity index (χ2n) is 7.66. The summed E-state index contributed by atoms with van der Waals surface area (Å²) in [6.07, 6.45) is 6.36. The van der Waals surface area contributed by atoms with E-state index in [2.05, 4.69) is 37.3 Å². The van der Waals surface area contributed by atoms with Crippen LogP contribution < -0.4 is 12.4 Å². The first-order valence-electron chi connectivity index (χ1n) is 9.39. The van der Waals surface area contributed by atoms with Gasteiger partial charge in [-0.15, -0.1) is 11.3 Å². The average Bonchev–Trinajstić information content (AvgIpc) is 3.36. The Hall–Kier alpha value is -2.10. The predicted octanol–water partition coefficient (Wildman–Crippen LogP) is 3.26. The summed E-state index contributed by atoms with van der Waals surface area (Å²) in [5.74, 6) is 1.76. The van der Waals surface area contributed by atoms with Gasteiger partial charge in [-0.3, -0.25) is 0 Å². The zero-order valence-corrected chi connectivity index (χ0v) is 16.7. The van der Waals surface area contributed by atoms with Gasteiger partial charge in [0.1, 0.15) is 10.6 Å². The third-order valence-corrected chi connectivity index (χ3v) is 7.10. The number of hydrogen-bond acceptors (Lipinski definition) is 3. The van der Waals surface area contributed by atoms with Crippen LogP contribution in [0, 0.1) is 5.92 Å². The fraction of sp³-hybridized carbons (Fsp3) is 0.261. The van der Waals surface area contributed by atoms with E-state index in [1.807, 2.05) is 17.4 Å². The molecule has 6 rings (SSSR count). The topological polar surface area (TPSA) is 26.0 Å². The normalized spacial score (nSPS) is 17.3. The maximum Gasteiger partial charge on any atom is 0.134 e. The van der Waals surface area contributed by atoms with Crippen LogP contribution in [0.15, 0.2) is 47.1 Å². The Balaban J connectivity index is 0.00000160. The molecule has 0 aliphatic heterocycles. The van der Waals surface area contributed by atoms with Crippen molar-refractivity contribution in [2.75, 3.05) is 0 Å². The molecule has 1 unspecified atom stereocenters. The van der Waals surface area contributed by atoms with E-state index in [9.17, 15) is 0 Å². The van der Waals surface area contributed by atoms with E-state index in [0.29, 0.717) is 0 Å². The zero-order chi connectivity index (χ0) is 17.3. The molecule has 136 valence electrons. The van der Waals surface area contributed by atoms with Crippen molar-refractivity contribution in [3.05, 3.63) is 64.2 Å². The molecular weight excluding hydrogens is 374 g/mol. The van der Waals surface area contributed by atoms with Gasteiger partial charge in [0.15, 0.2) is 0 Å². The van der Waals surface area contributed by atoms with Crippen LogP contribution in [0.5, 0.6) is 0 Å². The van der Waals surface area contributed by atoms with Crippen LogP contribution in [-0.4, -0.2) is 4.98 Å². The zero-order valence-electron chi connectivity index (χ0n) is 15.1. The van der Waals surface area contributed by atoms with E-state index in [1.165, 1.54) is 55.8 Å². The maximum absolute atomic E-state index is 5.91. The van der Waals surface area contributed by atoms with Gasteiger partial charge in [-0.05, 0) is 54.0 Å². The molecule has 27 heavy (non-hydrogen) atoms. The molecule has 0 saturated heterocycles. The summed E-state index contributed by atoms with van der Waals surface area (Å²) >= 11 is 1.90. The molecule has 0 radical (unpaired) electrons. The van der Waals surface area contributed by atoms with Crippen LogP contribution >= 0.6 is 11.3 Å². The van der Waals surface area contributed by atoms with Crippen molar-refractivity contribution in [1.29, 1.82) is 0 Å². The van der Waals surface area contributed by atoms with Crippen molar-refractivity contribution < 1.29 is 16.8 Å². The molecule has 2 aliphatic carbocycles. The highest BCUT2D eigenvalue weighted by molar-refractivity contribution is 7.19. The first-order valence-corrected chi connectivity index (χ1v) is 10.2. The van der Waals surface area contributed by atoms with E-state index >= 15 is 0 Å². The minimum Gasteiger partial charge on any atom is -1.00 e. The Kier molecular flexibility index (Phi) is 3.92. The van der Waals surface area contributed by atoms with Crippen LogP contribution in [0.4, 0.5) is 0 Å². The molecule has 4 heteroatoms. The minimum absolute atomic E-state index is 0. The third kappa shape index (κ3) is 2.41. The Labute approximate surface area is 168 Å². The van der Waals surface area contributed by atoms with E-state index in [0.717, 1.165) is 30.2 Å². The van der Waals surface area contributed by atoms with Gasteiger partial charge in [-0.25, -0.2) is 4.98 Å². The number of benzene rings is 1. The molecule has 0 amide bonds. The fourth-order valence-electron chi connectivity index (χ4n) is 4.69. The molecule has 0 spiro atoms. The van der Waals surface area contributed by atoms with Gasteiger partial charge in [0.05, 0.1) is 12.0 Å². The molecule has 3 aromatic heterocycles. The molecule has 2 aliphatic rings. The first kappa shape index (κ1) is 17.0. The van der Waals surface area contributed by atoms with Crippen molar-refractivity contribution in [2.45, 2.75) is 32.6 Å². The average molecular weight is 393 g/mol. The Morgan fingerprint density at radius 3 is 2.85 bits per heavy atom. The fourth-order valence-corrected chi connectivity index (χ4v) is 6.09. The highest BCUT2D eigenvalue weighted by Gasteiger charge is 2.30. The van der Waals surface area contributed by atoms with Gasteiger partial charge in [-0.1, -0.05) is 31.2 Å². The van der Waals surface area contributed by atoms with E-state index in [-0.39, 0.29) is 12.4 Å². The van der Waals surface area contributed by atoms with Gasteiger partial charge in [0.2, 0.25) is 0 Å². The van der Waals surface area contributed by atoms with Crippen molar-refractivity contribution >= 4 is 21.6 Å². The lowest BCUT2D eigenvalue weighted by molar-refractivity contribution is -0.00000554. The van der Waals surface area contributed by atoms with E-state index < -0.39 is 0 Å². The number of aryl methyl sites for hydroxylation is 1. The molecule has 0 fully saturated rings. The van der Waals surface area contributed by atoms with E-state index in [4.69, 9.17) is 9.40 Å². The number of aromatic nitrogens is 1. The SMILES string of the molecule is CC1CCc2c(sc3nc4c(c(-c5ccco5)c23)Cc2ccccc2-4)C1.[Cl-]. The number of thiophene rings is 1. The molecule has 1 atom stereocenters. The lowest BCUT2D eigenvalue weighted by Crippen LogP contribution is -3.00. The van der Waals surface area contributed by atoms with Gasteiger partial charge >= 0.3 is 0 Å². The monoisotopic (exact) mass is 392 g/mol. The van der Waals surface area contributed by atoms with Gasteiger partial charge in [0.25, 0.3) is 0 Å². The van der Waals surface area contributed by atoms with Crippen LogP contribution in [-0.2, 0) is 19.3 Å². The smallest absolute Gasteiger partial charge is 0.134 e. The number of rotatable bonds is 1. The number of pyridine rings is 1. The molecular formula is C23H19ClNOS-.